The third kappa shape index (κ3) is 3.46. The van der Waals surface area contributed by atoms with Crippen LogP contribution in [0.5, 0.6) is 0 Å². The molecule has 0 saturated carbocycles. The lowest BCUT2D eigenvalue weighted by Crippen LogP contribution is -2.37. The van der Waals surface area contributed by atoms with Gasteiger partial charge in [-0.2, -0.15) is 0 Å². The van der Waals surface area contributed by atoms with Crippen molar-refractivity contribution in [1.29, 1.82) is 0 Å². The zero-order valence-electron chi connectivity index (χ0n) is 11.0. The summed E-state index contributed by atoms with van der Waals surface area (Å²) < 4.78 is 1.21. The van der Waals surface area contributed by atoms with E-state index in [9.17, 15) is 0 Å². The first-order chi connectivity index (χ1) is 7.02. The molecule has 1 rings (SSSR count). The second-order valence-corrected chi connectivity index (χ2v) is 5.97. The van der Waals surface area contributed by atoms with Crippen LogP contribution in [0.25, 0.3) is 0 Å². The van der Waals surface area contributed by atoms with Gasteiger partial charge < -0.3 is 10.2 Å². The second-order valence-electron chi connectivity index (χ2n) is 5.97. The fraction of sp³-hybridized carbons (Fsp3) is 1.00. The summed E-state index contributed by atoms with van der Waals surface area (Å²) in [4.78, 5) is 0. The molecule has 0 aromatic rings. The van der Waals surface area contributed by atoms with Crippen LogP contribution in [0.3, 0.4) is 0 Å². The molecule has 0 spiro atoms. The molecule has 1 aliphatic heterocycles. The minimum absolute atomic E-state index is 0.752. The highest BCUT2D eigenvalue weighted by atomic mass is 15.3. The van der Waals surface area contributed by atoms with Gasteiger partial charge in [0, 0.05) is 11.8 Å². The molecule has 2 heteroatoms. The SMILES string of the molecule is CCC(CN)CC1C[N+](C)(C)CC1CC. The van der Waals surface area contributed by atoms with Gasteiger partial charge in [-0.15, -0.1) is 0 Å². The van der Waals surface area contributed by atoms with Gasteiger partial charge in [-0.25, -0.2) is 0 Å². The summed E-state index contributed by atoms with van der Waals surface area (Å²) >= 11 is 0. The number of rotatable bonds is 5. The maximum absolute atomic E-state index is 5.81. The van der Waals surface area contributed by atoms with Crippen LogP contribution in [-0.2, 0) is 0 Å². The summed E-state index contributed by atoms with van der Waals surface area (Å²) in [6.07, 6.45) is 3.94. The fourth-order valence-corrected chi connectivity index (χ4v) is 3.23. The lowest BCUT2D eigenvalue weighted by molar-refractivity contribution is -0.880. The Morgan fingerprint density at radius 1 is 1.20 bits per heavy atom. The van der Waals surface area contributed by atoms with E-state index in [-0.39, 0.29) is 0 Å². The predicted molar refractivity (Wildman–Crippen MR) is 66.6 cm³/mol. The zero-order valence-corrected chi connectivity index (χ0v) is 11.0. The molecule has 3 atom stereocenters. The van der Waals surface area contributed by atoms with Crippen LogP contribution < -0.4 is 5.73 Å². The molecule has 0 bridgehead atoms. The molecule has 2 N–H and O–H groups in total. The van der Waals surface area contributed by atoms with Crippen LogP contribution in [0.4, 0.5) is 0 Å². The van der Waals surface area contributed by atoms with Crippen LogP contribution in [0, 0.1) is 17.8 Å². The maximum Gasteiger partial charge on any atom is 0.0816 e. The van der Waals surface area contributed by atoms with Gasteiger partial charge >= 0.3 is 0 Å². The summed E-state index contributed by atoms with van der Waals surface area (Å²) in [5, 5.41) is 0. The Bertz CT molecular complexity index is 185. The third-order valence-corrected chi connectivity index (χ3v) is 4.20. The van der Waals surface area contributed by atoms with Crippen molar-refractivity contribution in [2.45, 2.75) is 33.1 Å². The minimum Gasteiger partial charge on any atom is -0.330 e. The van der Waals surface area contributed by atoms with Crippen molar-refractivity contribution in [1.82, 2.24) is 0 Å². The average molecular weight is 213 g/mol. The van der Waals surface area contributed by atoms with Gasteiger partial charge in [0.1, 0.15) is 0 Å². The van der Waals surface area contributed by atoms with Crippen LogP contribution in [0.15, 0.2) is 0 Å². The molecule has 1 aliphatic rings. The molecule has 0 aromatic carbocycles. The molecule has 90 valence electrons. The molecular weight excluding hydrogens is 184 g/mol. The smallest absolute Gasteiger partial charge is 0.0816 e. The number of hydrogen-bond donors (Lipinski definition) is 1. The number of nitrogens with zero attached hydrogens (tertiary/aromatic N) is 1. The van der Waals surface area contributed by atoms with Crippen molar-refractivity contribution < 1.29 is 4.48 Å². The van der Waals surface area contributed by atoms with E-state index in [1.807, 2.05) is 0 Å². The Kier molecular flexibility index (Phi) is 4.60. The normalized spacial score (nSPS) is 31.8. The molecule has 0 aromatic heterocycles. The standard InChI is InChI=1S/C13H29N2/c1-5-11(8-14)7-13-10-15(3,4)9-12(13)6-2/h11-13H,5-10,14H2,1-4H3/q+1. The zero-order chi connectivity index (χ0) is 11.5. The summed E-state index contributed by atoms with van der Waals surface area (Å²) in [6, 6.07) is 0. The van der Waals surface area contributed by atoms with E-state index in [0.29, 0.717) is 0 Å². The van der Waals surface area contributed by atoms with Gasteiger partial charge in [-0.05, 0) is 25.3 Å². The highest BCUT2D eigenvalue weighted by Gasteiger charge is 2.39. The summed E-state index contributed by atoms with van der Waals surface area (Å²) in [5.41, 5.74) is 5.81. The van der Waals surface area contributed by atoms with E-state index in [0.717, 1.165) is 24.3 Å². The molecule has 1 fully saturated rings. The molecule has 2 nitrogen and oxygen atoms in total. The van der Waals surface area contributed by atoms with Gasteiger partial charge in [-0.3, -0.25) is 0 Å². The van der Waals surface area contributed by atoms with Crippen LogP contribution in [0.2, 0.25) is 0 Å². The van der Waals surface area contributed by atoms with Crippen LogP contribution >= 0.6 is 0 Å². The van der Waals surface area contributed by atoms with Crippen molar-refractivity contribution >= 4 is 0 Å². The van der Waals surface area contributed by atoms with E-state index in [1.165, 1.54) is 36.8 Å². The number of quaternary nitrogens is 1. The number of likely N-dealkylation sites (tertiary alicyclic amines) is 1. The highest BCUT2D eigenvalue weighted by Crippen LogP contribution is 2.34. The molecular formula is C13H29N2+. The average Bonchev–Trinajstić information content (AvgIpc) is 2.49. The van der Waals surface area contributed by atoms with Crippen LogP contribution in [-0.4, -0.2) is 38.2 Å². The van der Waals surface area contributed by atoms with E-state index >= 15 is 0 Å². The quantitative estimate of drug-likeness (QED) is 0.695. The van der Waals surface area contributed by atoms with E-state index in [1.54, 1.807) is 0 Å². The van der Waals surface area contributed by atoms with Crippen molar-refractivity contribution in [3.05, 3.63) is 0 Å². The first-order valence-corrected chi connectivity index (χ1v) is 6.54. The monoisotopic (exact) mass is 213 g/mol. The van der Waals surface area contributed by atoms with E-state index < -0.39 is 0 Å². The van der Waals surface area contributed by atoms with Gasteiger partial charge in [0.05, 0.1) is 27.2 Å². The second kappa shape index (κ2) is 5.31. The molecule has 1 heterocycles. The summed E-state index contributed by atoms with van der Waals surface area (Å²) in [6.45, 7) is 8.20. The highest BCUT2D eigenvalue weighted by molar-refractivity contribution is 4.77. The maximum atomic E-state index is 5.81. The van der Waals surface area contributed by atoms with Gasteiger partial charge in [-0.1, -0.05) is 20.3 Å². The third-order valence-electron chi connectivity index (χ3n) is 4.20. The molecule has 1 saturated heterocycles. The van der Waals surface area contributed by atoms with Crippen molar-refractivity contribution in [2.24, 2.45) is 23.5 Å². The molecule has 0 radical (unpaired) electrons. The first-order valence-electron chi connectivity index (χ1n) is 6.54. The van der Waals surface area contributed by atoms with Gasteiger partial charge in [0.15, 0.2) is 0 Å². The Hall–Kier alpha value is -0.0800. The largest absolute Gasteiger partial charge is 0.330 e. The fourth-order valence-electron chi connectivity index (χ4n) is 3.23. The molecule has 3 unspecified atom stereocenters. The Morgan fingerprint density at radius 2 is 1.80 bits per heavy atom. The Balaban J connectivity index is 2.53. The summed E-state index contributed by atoms with van der Waals surface area (Å²) in [5.74, 6) is 2.60. The van der Waals surface area contributed by atoms with Gasteiger partial charge in [0.25, 0.3) is 0 Å². The Morgan fingerprint density at radius 3 is 2.27 bits per heavy atom. The van der Waals surface area contributed by atoms with Crippen molar-refractivity contribution in [3.8, 4) is 0 Å². The van der Waals surface area contributed by atoms with Crippen molar-refractivity contribution in [3.63, 3.8) is 0 Å². The predicted octanol–water partition coefficient (Wildman–Crippen LogP) is 2.09. The van der Waals surface area contributed by atoms with E-state index in [4.69, 9.17) is 5.73 Å². The van der Waals surface area contributed by atoms with Crippen molar-refractivity contribution in [2.75, 3.05) is 33.7 Å². The molecule has 0 amide bonds. The minimum atomic E-state index is 0.752. The summed E-state index contributed by atoms with van der Waals surface area (Å²) in [7, 11) is 4.73. The Labute approximate surface area is 95.4 Å². The first kappa shape index (κ1) is 13.0. The molecule has 0 aliphatic carbocycles. The lowest BCUT2D eigenvalue weighted by Gasteiger charge is -2.24. The van der Waals surface area contributed by atoms with Gasteiger partial charge in [0.2, 0.25) is 0 Å². The number of nitrogens with two attached hydrogens (primary N) is 1. The topological polar surface area (TPSA) is 26.0 Å². The lowest BCUT2D eigenvalue weighted by atomic mass is 9.84. The van der Waals surface area contributed by atoms with Crippen LogP contribution in [0.1, 0.15) is 33.1 Å². The number of hydrogen-bond acceptors (Lipinski definition) is 1. The van der Waals surface area contributed by atoms with E-state index in [2.05, 4.69) is 27.9 Å². The molecule has 15 heavy (non-hydrogen) atoms.